The van der Waals surface area contributed by atoms with Crippen LogP contribution in [0.5, 0.6) is 0 Å². The summed E-state index contributed by atoms with van der Waals surface area (Å²) in [5.41, 5.74) is 1.76. The van der Waals surface area contributed by atoms with E-state index in [1.165, 1.54) is 0 Å². The number of methoxy groups -OCH3 is 1. The molecular weight excluding hydrogens is 232 g/mol. The van der Waals surface area contributed by atoms with Crippen molar-refractivity contribution >= 4 is 17.3 Å². The van der Waals surface area contributed by atoms with Crippen LogP contribution >= 0.6 is 0 Å². The molecule has 0 fully saturated rings. The predicted molar refractivity (Wildman–Crippen MR) is 71.9 cm³/mol. The monoisotopic (exact) mass is 252 g/mol. The summed E-state index contributed by atoms with van der Waals surface area (Å²) in [4.78, 5) is 13.4. The summed E-state index contributed by atoms with van der Waals surface area (Å²) >= 11 is 0. The number of likely N-dealkylation sites (N-methyl/N-ethyl adjacent to an activating group) is 1. The third kappa shape index (κ3) is 4.73. The number of rotatable bonds is 7. The number of nitrogens with one attached hydrogen (secondary N) is 1. The molecule has 5 heteroatoms. The molecule has 1 rings (SSSR count). The Kier molecular flexibility index (Phi) is 6.18. The largest absolute Gasteiger partial charge is 0.395 e. The average molecular weight is 252 g/mol. The molecular formula is C13H20N2O3. The van der Waals surface area contributed by atoms with E-state index in [4.69, 9.17) is 9.84 Å². The maximum absolute atomic E-state index is 11.5. The molecule has 1 aromatic carbocycles. The number of anilines is 2. The van der Waals surface area contributed by atoms with E-state index in [1.54, 1.807) is 7.11 Å². The molecule has 0 aliphatic rings. The van der Waals surface area contributed by atoms with E-state index < -0.39 is 0 Å². The van der Waals surface area contributed by atoms with Gasteiger partial charge in [-0.2, -0.15) is 0 Å². The Bertz CT molecular complexity index is 365. The highest BCUT2D eigenvalue weighted by Gasteiger charge is 2.03. The maximum Gasteiger partial charge on any atom is 0.226 e. The van der Waals surface area contributed by atoms with E-state index in [2.05, 4.69) is 5.32 Å². The Labute approximate surface area is 107 Å². The van der Waals surface area contributed by atoms with Gasteiger partial charge in [0, 0.05) is 32.1 Å². The molecule has 0 aromatic heterocycles. The van der Waals surface area contributed by atoms with Crippen LogP contribution in [0.25, 0.3) is 0 Å². The van der Waals surface area contributed by atoms with Crippen LogP contribution in [0.1, 0.15) is 6.42 Å². The number of nitrogens with zero attached hydrogens (tertiary/aromatic N) is 1. The molecule has 0 spiro atoms. The van der Waals surface area contributed by atoms with E-state index in [1.807, 2.05) is 36.2 Å². The van der Waals surface area contributed by atoms with Crippen LogP contribution in [0.4, 0.5) is 11.4 Å². The number of amides is 1. The first-order valence-corrected chi connectivity index (χ1v) is 5.88. The van der Waals surface area contributed by atoms with Gasteiger partial charge in [-0.05, 0) is 24.3 Å². The predicted octanol–water partition coefficient (Wildman–Crippen LogP) is 1.09. The third-order valence-corrected chi connectivity index (χ3v) is 2.56. The SMILES string of the molecule is COCCC(=O)Nc1ccc(N(C)CCO)cc1. The molecule has 0 saturated heterocycles. The molecule has 0 bridgehead atoms. The Morgan fingerprint density at radius 1 is 1.39 bits per heavy atom. The fraction of sp³-hybridized carbons (Fsp3) is 0.462. The molecule has 0 heterocycles. The highest BCUT2D eigenvalue weighted by Crippen LogP contribution is 2.16. The lowest BCUT2D eigenvalue weighted by atomic mass is 10.2. The topological polar surface area (TPSA) is 61.8 Å². The molecule has 0 aliphatic heterocycles. The number of carbonyl (C=O) groups is 1. The van der Waals surface area contributed by atoms with E-state index >= 15 is 0 Å². The van der Waals surface area contributed by atoms with Crippen molar-refractivity contribution in [2.24, 2.45) is 0 Å². The Morgan fingerprint density at radius 3 is 2.61 bits per heavy atom. The lowest BCUT2D eigenvalue weighted by Crippen LogP contribution is -2.21. The summed E-state index contributed by atoms with van der Waals surface area (Å²) in [7, 11) is 3.47. The summed E-state index contributed by atoms with van der Waals surface area (Å²) in [5.74, 6) is -0.0617. The minimum atomic E-state index is -0.0617. The zero-order valence-electron chi connectivity index (χ0n) is 10.8. The van der Waals surface area contributed by atoms with Gasteiger partial charge in [0.25, 0.3) is 0 Å². The minimum absolute atomic E-state index is 0.0617. The van der Waals surface area contributed by atoms with Crippen molar-refractivity contribution in [2.75, 3.05) is 44.1 Å². The summed E-state index contributed by atoms with van der Waals surface area (Å²) in [6.45, 7) is 1.12. The number of hydrogen-bond acceptors (Lipinski definition) is 4. The zero-order chi connectivity index (χ0) is 13.4. The molecule has 0 aliphatic carbocycles. The fourth-order valence-electron chi connectivity index (χ4n) is 1.50. The Morgan fingerprint density at radius 2 is 2.06 bits per heavy atom. The maximum atomic E-state index is 11.5. The lowest BCUT2D eigenvalue weighted by molar-refractivity contribution is -0.117. The molecule has 5 nitrogen and oxygen atoms in total. The van der Waals surface area contributed by atoms with Gasteiger partial charge in [-0.25, -0.2) is 0 Å². The van der Waals surface area contributed by atoms with Crippen LogP contribution in [0.3, 0.4) is 0 Å². The van der Waals surface area contributed by atoms with Crippen LogP contribution in [-0.4, -0.2) is 44.9 Å². The van der Waals surface area contributed by atoms with E-state index in [0.717, 1.165) is 11.4 Å². The van der Waals surface area contributed by atoms with Gasteiger partial charge in [0.05, 0.1) is 19.6 Å². The summed E-state index contributed by atoms with van der Waals surface area (Å²) in [5, 5.41) is 11.6. The van der Waals surface area contributed by atoms with Gasteiger partial charge in [0.1, 0.15) is 0 Å². The van der Waals surface area contributed by atoms with E-state index in [0.29, 0.717) is 19.6 Å². The van der Waals surface area contributed by atoms with Gasteiger partial charge in [0.15, 0.2) is 0 Å². The number of carbonyl (C=O) groups excluding carboxylic acids is 1. The second kappa shape index (κ2) is 7.68. The van der Waals surface area contributed by atoms with Gasteiger partial charge in [-0.3, -0.25) is 4.79 Å². The molecule has 100 valence electrons. The lowest BCUT2D eigenvalue weighted by Gasteiger charge is -2.18. The number of hydrogen-bond donors (Lipinski definition) is 2. The second-order valence-electron chi connectivity index (χ2n) is 3.98. The molecule has 0 saturated carbocycles. The first-order chi connectivity index (χ1) is 8.67. The molecule has 1 amide bonds. The molecule has 2 N–H and O–H groups in total. The van der Waals surface area contributed by atoms with Gasteiger partial charge >= 0.3 is 0 Å². The highest BCUT2D eigenvalue weighted by molar-refractivity contribution is 5.90. The molecule has 18 heavy (non-hydrogen) atoms. The third-order valence-electron chi connectivity index (χ3n) is 2.56. The summed E-state index contributed by atoms with van der Waals surface area (Å²) in [6, 6.07) is 7.49. The Hall–Kier alpha value is -1.59. The van der Waals surface area contributed by atoms with Crippen molar-refractivity contribution in [3.63, 3.8) is 0 Å². The standard InChI is InChI=1S/C13H20N2O3/c1-15(8-9-16)12-5-3-11(4-6-12)14-13(17)7-10-18-2/h3-6,16H,7-10H2,1-2H3,(H,14,17). The number of aliphatic hydroxyl groups is 1. The van der Waals surface area contributed by atoms with Gasteiger partial charge < -0.3 is 20.1 Å². The quantitative estimate of drug-likeness (QED) is 0.762. The number of benzene rings is 1. The first-order valence-electron chi connectivity index (χ1n) is 5.88. The van der Waals surface area contributed by atoms with Crippen LogP contribution in [0, 0.1) is 0 Å². The first kappa shape index (κ1) is 14.5. The van der Waals surface area contributed by atoms with Gasteiger partial charge in [-0.1, -0.05) is 0 Å². The van der Waals surface area contributed by atoms with Crippen LogP contribution < -0.4 is 10.2 Å². The normalized spacial score (nSPS) is 10.2. The van der Waals surface area contributed by atoms with Crippen molar-refractivity contribution in [1.82, 2.24) is 0 Å². The summed E-state index contributed by atoms with van der Waals surface area (Å²) in [6.07, 6.45) is 0.350. The van der Waals surface area contributed by atoms with E-state index in [9.17, 15) is 4.79 Å². The van der Waals surface area contributed by atoms with Crippen molar-refractivity contribution in [2.45, 2.75) is 6.42 Å². The zero-order valence-corrected chi connectivity index (χ0v) is 10.8. The van der Waals surface area contributed by atoms with Gasteiger partial charge in [-0.15, -0.1) is 0 Å². The van der Waals surface area contributed by atoms with E-state index in [-0.39, 0.29) is 12.5 Å². The smallest absolute Gasteiger partial charge is 0.226 e. The van der Waals surface area contributed by atoms with Crippen LogP contribution in [-0.2, 0) is 9.53 Å². The molecule has 0 atom stereocenters. The summed E-state index contributed by atoms with van der Waals surface area (Å²) < 4.78 is 4.84. The Balaban J connectivity index is 2.52. The number of aliphatic hydroxyl groups excluding tert-OH is 1. The molecule has 0 unspecified atom stereocenters. The van der Waals surface area contributed by atoms with Crippen LogP contribution in [0.15, 0.2) is 24.3 Å². The fourth-order valence-corrected chi connectivity index (χ4v) is 1.50. The minimum Gasteiger partial charge on any atom is -0.395 e. The van der Waals surface area contributed by atoms with Crippen molar-refractivity contribution in [3.8, 4) is 0 Å². The molecule has 0 radical (unpaired) electrons. The van der Waals surface area contributed by atoms with Crippen molar-refractivity contribution in [1.29, 1.82) is 0 Å². The molecule has 1 aromatic rings. The van der Waals surface area contributed by atoms with Gasteiger partial charge in [0.2, 0.25) is 5.91 Å². The van der Waals surface area contributed by atoms with Crippen molar-refractivity contribution < 1.29 is 14.6 Å². The highest BCUT2D eigenvalue weighted by atomic mass is 16.5. The average Bonchev–Trinajstić information content (AvgIpc) is 2.37. The second-order valence-corrected chi connectivity index (χ2v) is 3.98. The number of ether oxygens (including phenoxy) is 1. The van der Waals surface area contributed by atoms with Crippen LogP contribution in [0.2, 0.25) is 0 Å². The van der Waals surface area contributed by atoms with Crippen molar-refractivity contribution in [3.05, 3.63) is 24.3 Å².